The van der Waals surface area contributed by atoms with Gasteiger partial charge in [0.25, 0.3) is 0 Å². The standard InChI is InChI=1S/C43H56O25/c1-19(44)54-16-29-34(67-42-39(62-26(8)51)36(60-24(6)49)32(58-22(4)47)30(65-42)17-55-20(2)45)35(38(41(53)64-29)57-15-28-13-11-10-12-14-28)68-43-40(63-27(9)52)37(61-25(7)50)33(59-23(5)48)31(66-43)18-56-21(3)46/h10-14,29-43,53H,15-18H2,1-9H3/t29-,30-,31-,32+,33+,34+,35+,36+,37+,38-,39-,40-,41-,42+,43+/m1/s1. The van der Waals surface area contributed by atoms with Crippen LogP contribution in [0, 0.1) is 0 Å². The van der Waals surface area contributed by atoms with Crippen LogP contribution in [0.5, 0.6) is 0 Å². The summed E-state index contributed by atoms with van der Waals surface area (Å²) in [5.41, 5.74) is 0.560. The smallest absolute Gasteiger partial charge is 0.303 e. The van der Waals surface area contributed by atoms with Gasteiger partial charge >= 0.3 is 53.7 Å². The van der Waals surface area contributed by atoms with Crippen molar-refractivity contribution in [2.24, 2.45) is 0 Å². The first-order valence-electron chi connectivity index (χ1n) is 21.1. The van der Waals surface area contributed by atoms with Gasteiger partial charge < -0.3 is 76.2 Å². The van der Waals surface area contributed by atoms with Crippen molar-refractivity contribution in [3.63, 3.8) is 0 Å². The van der Waals surface area contributed by atoms with Crippen molar-refractivity contribution in [1.29, 1.82) is 0 Å². The lowest BCUT2D eigenvalue weighted by Crippen LogP contribution is -2.68. The zero-order chi connectivity index (χ0) is 50.4. The molecule has 3 fully saturated rings. The number of carbonyl (C=O) groups is 9. The van der Waals surface area contributed by atoms with E-state index in [0.717, 1.165) is 62.3 Å². The molecule has 0 spiro atoms. The number of hydrogen-bond donors (Lipinski definition) is 1. The average molecular weight is 973 g/mol. The van der Waals surface area contributed by atoms with Gasteiger partial charge in [-0.2, -0.15) is 0 Å². The highest BCUT2D eigenvalue weighted by molar-refractivity contribution is 5.70. The summed E-state index contributed by atoms with van der Waals surface area (Å²) in [6.07, 6.45) is -26.3. The van der Waals surface area contributed by atoms with E-state index in [1.807, 2.05) is 0 Å². The van der Waals surface area contributed by atoms with E-state index in [1.165, 1.54) is 0 Å². The van der Waals surface area contributed by atoms with E-state index >= 15 is 0 Å². The van der Waals surface area contributed by atoms with Crippen LogP contribution in [0.4, 0.5) is 0 Å². The Hall–Kier alpha value is -5.83. The number of aliphatic hydroxyl groups is 1. The third-order valence-corrected chi connectivity index (χ3v) is 9.82. The molecule has 25 heteroatoms. The molecule has 15 atom stereocenters. The summed E-state index contributed by atoms with van der Waals surface area (Å²) in [5, 5.41) is 11.7. The van der Waals surface area contributed by atoms with Crippen LogP contribution in [-0.4, -0.2) is 171 Å². The number of aliphatic hydroxyl groups excluding tert-OH is 1. The van der Waals surface area contributed by atoms with Gasteiger partial charge in [-0.1, -0.05) is 30.3 Å². The van der Waals surface area contributed by atoms with Crippen molar-refractivity contribution >= 4 is 53.7 Å². The summed E-state index contributed by atoms with van der Waals surface area (Å²) in [6, 6.07) is 8.49. The Balaban J connectivity index is 1.97. The summed E-state index contributed by atoms with van der Waals surface area (Å²) in [6.45, 7) is 6.91. The monoisotopic (exact) mass is 972 g/mol. The topological polar surface area (TPSA) is 312 Å². The maximum atomic E-state index is 12.8. The van der Waals surface area contributed by atoms with Gasteiger partial charge in [0.2, 0.25) is 0 Å². The number of esters is 9. The average Bonchev–Trinajstić information content (AvgIpc) is 3.22. The second-order valence-corrected chi connectivity index (χ2v) is 15.5. The molecular weight excluding hydrogens is 916 g/mol. The molecule has 0 amide bonds. The van der Waals surface area contributed by atoms with Crippen LogP contribution in [0.2, 0.25) is 0 Å². The zero-order valence-corrected chi connectivity index (χ0v) is 38.6. The minimum absolute atomic E-state index is 0.259. The van der Waals surface area contributed by atoms with Crippen molar-refractivity contribution in [3.05, 3.63) is 35.9 Å². The molecule has 3 saturated heterocycles. The molecule has 1 aromatic carbocycles. The quantitative estimate of drug-likeness (QED) is 0.138. The lowest BCUT2D eigenvalue weighted by molar-refractivity contribution is -0.387. The van der Waals surface area contributed by atoms with Gasteiger partial charge in [-0.3, -0.25) is 43.2 Å². The van der Waals surface area contributed by atoms with Gasteiger partial charge in [0, 0.05) is 62.3 Å². The minimum atomic E-state index is -2.00. The summed E-state index contributed by atoms with van der Waals surface area (Å²) >= 11 is 0. The van der Waals surface area contributed by atoms with Gasteiger partial charge in [-0.15, -0.1) is 0 Å². The molecule has 0 aromatic heterocycles. The molecule has 0 aliphatic carbocycles. The van der Waals surface area contributed by atoms with Gasteiger partial charge in [0.05, 0.1) is 6.61 Å². The molecule has 4 rings (SSSR count). The van der Waals surface area contributed by atoms with Crippen LogP contribution in [0.1, 0.15) is 67.9 Å². The molecule has 1 N–H and O–H groups in total. The number of ether oxygens (including phenoxy) is 15. The maximum Gasteiger partial charge on any atom is 0.303 e. The predicted octanol–water partition coefficient (Wildman–Crippen LogP) is -0.211. The molecule has 1 aromatic rings. The molecule has 68 heavy (non-hydrogen) atoms. The molecular formula is C43H56O25. The second-order valence-electron chi connectivity index (χ2n) is 15.5. The van der Waals surface area contributed by atoms with Gasteiger partial charge in [0.15, 0.2) is 55.5 Å². The van der Waals surface area contributed by atoms with E-state index < -0.39 is 166 Å². The third kappa shape index (κ3) is 16.2. The molecule has 0 radical (unpaired) electrons. The highest BCUT2D eigenvalue weighted by Crippen LogP contribution is 2.38. The fourth-order valence-corrected chi connectivity index (χ4v) is 7.40. The number of benzene rings is 1. The van der Waals surface area contributed by atoms with E-state index in [0.29, 0.717) is 5.56 Å². The molecule has 0 bridgehead atoms. The first kappa shape index (κ1) is 54.8. The van der Waals surface area contributed by atoms with Crippen molar-refractivity contribution in [1.82, 2.24) is 0 Å². The fourth-order valence-electron chi connectivity index (χ4n) is 7.40. The Morgan fingerprint density at radius 3 is 1.12 bits per heavy atom. The molecule has 378 valence electrons. The largest absolute Gasteiger partial charge is 0.463 e. The Kier molecular flexibility index (Phi) is 20.5. The first-order valence-corrected chi connectivity index (χ1v) is 21.1. The molecule has 0 unspecified atom stereocenters. The number of hydrogen-bond acceptors (Lipinski definition) is 25. The van der Waals surface area contributed by atoms with E-state index in [1.54, 1.807) is 30.3 Å². The summed E-state index contributed by atoms with van der Waals surface area (Å²) in [5.74, 6) is -8.22. The van der Waals surface area contributed by atoms with Gasteiger partial charge in [0.1, 0.15) is 56.4 Å². The van der Waals surface area contributed by atoms with E-state index in [2.05, 4.69) is 0 Å². The van der Waals surface area contributed by atoms with Crippen LogP contribution in [0.3, 0.4) is 0 Å². The molecule has 0 saturated carbocycles. The Morgan fingerprint density at radius 2 is 0.750 bits per heavy atom. The zero-order valence-electron chi connectivity index (χ0n) is 38.6. The van der Waals surface area contributed by atoms with Crippen LogP contribution in [0.15, 0.2) is 30.3 Å². The van der Waals surface area contributed by atoms with Crippen molar-refractivity contribution in [2.75, 3.05) is 19.8 Å². The summed E-state index contributed by atoms with van der Waals surface area (Å²) in [7, 11) is 0. The second kappa shape index (κ2) is 25.5. The normalized spacial score (nSPS) is 31.1. The van der Waals surface area contributed by atoms with Gasteiger partial charge in [-0.25, -0.2) is 0 Å². The molecule has 3 aliphatic heterocycles. The van der Waals surface area contributed by atoms with Crippen LogP contribution in [0.25, 0.3) is 0 Å². The molecule has 3 aliphatic rings. The minimum Gasteiger partial charge on any atom is -0.463 e. The van der Waals surface area contributed by atoms with E-state index in [-0.39, 0.29) is 6.61 Å². The number of rotatable bonds is 19. The first-order chi connectivity index (χ1) is 32.0. The lowest BCUT2D eigenvalue weighted by atomic mass is 9.95. The van der Waals surface area contributed by atoms with Crippen LogP contribution >= 0.6 is 0 Å². The highest BCUT2D eigenvalue weighted by atomic mass is 16.8. The number of carbonyl (C=O) groups excluding carboxylic acids is 9. The molecule has 3 heterocycles. The van der Waals surface area contributed by atoms with Crippen molar-refractivity contribution < 1.29 is 119 Å². The third-order valence-electron chi connectivity index (χ3n) is 9.82. The Bertz CT molecular complexity index is 1940. The Labute approximate surface area is 389 Å². The SMILES string of the molecule is CC(=O)OC[C@H]1O[C@@H](O)[C@H](OCc2ccccc2)[C@@H](O[C@@H]2O[C@H](COC(C)=O)[C@H](OC(C)=O)[C@H](OC(C)=O)[C@H]2OC(C)=O)[C@H]1O[C@@H]1O[C@H](COC(C)=O)[C@H](OC(C)=O)[C@H](OC(C)=O)[C@H]1OC(C)=O. The van der Waals surface area contributed by atoms with Crippen LogP contribution in [-0.2, 0) is 121 Å². The van der Waals surface area contributed by atoms with E-state index in [9.17, 15) is 48.3 Å². The van der Waals surface area contributed by atoms with Crippen molar-refractivity contribution in [2.45, 2.75) is 161 Å². The predicted molar refractivity (Wildman–Crippen MR) is 216 cm³/mol. The summed E-state index contributed by atoms with van der Waals surface area (Å²) in [4.78, 5) is 112. The van der Waals surface area contributed by atoms with E-state index in [4.69, 9.17) is 71.1 Å². The fraction of sp³-hybridized carbons (Fsp3) is 0.651. The van der Waals surface area contributed by atoms with Crippen molar-refractivity contribution in [3.8, 4) is 0 Å². The molecule has 25 nitrogen and oxygen atoms in total. The Morgan fingerprint density at radius 1 is 0.412 bits per heavy atom. The highest BCUT2D eigenvalue weighted by Gasteiger charge is 2.59. The van der Waals surface area contributed by atoms with Gasteiger partial charge in [-0.05, 0) is 5.56 Å². The lowest BCUT2D eigenvalue weighted by Gasteiger charge is -2.50. The summed E-state index contributed by atoms with van der Waals surface area (Å²) < 4.78 is 86.9. The van der Waals surface area contributed by atoms with Crippen LogP contribution < -0.4 is 0 Å². The maximum absolute atomic E-state index is 12.8.